The fraction of sp³-hybridized carbons (Fsp3) is 0.304. The molecule has 29 heavy (non-hydrogen) atoms. The Morgan fingerprint density at radius 1 is 0.966 bits per heavy atom. The molecular weight excluding hydrogens is 368 g/mol. The molecule has 3 aromatic rings. The van der Waals surface area contributed by atoms with E-state index in [2.05, 4.69) is 10.3 Å². The van der Waals surface area contributed by atoms with Crippen LogP contribution in [0, 0.1) is 13.8 Å². The molecule has 0 bridgehead atoms. The predicted molar refractivity (Wildman–Crippen MR) is 113 cm³/mol. The maximum Gasteiger partial charge on any atom is 0.253 e. The van der Waals surface area contributed by atoms with E-state index in [-0.39, 0.29) is 11.9 Å². The van der Waals surface area contributed by atoms with Crippen molar-refractivity contribution in [2.45, 2.75) is 26.8 Å². The standard InChI is InChI=1S/C23H26N2O4/c1-13-7-8-16-10-18(15(3)24-19(16)9-13)23(26)25-14(2)17-11-20(27-4)22(29-6)21(12-17)28-5/h7-12,14H,1-6H3,(H,25,26). The minimum Gasteiger partial charge on any atom is -0.493 e. The van der Waals surface area contributed by atoms with Crippen molar-refractivity contribution in [1.29, 1.82) is 0 Å². The first-order chi connectivity index (χ1) is 13.9. The van der Waals surface area contributed by atoms with Gasteiger partial charge in [0.05, 0.1) is 44.1 Å². The third kappa shape index (κ3) is 4.11. The van der Waals surface area contributed by atoms with Crippen molar-refractivity contribution in [3.05, 3.63) is 58.8 Å². The number of nitrogens with one attached hydrogen (secondary N) is 1. The maximum absolute atomic E-state index is 13.0. The number of carbonyl (C=O) groups excluding carboxylic acids is 1. The van der Waals surface area contributed by atoms with E-state index >= 15 is 0 Å². The number of fused-ring (bicyclic) bond motifs is 1. The lowest BCUT2D eigenvalue weighted by atomic mass is 10.0. The summed E-state index contributed by atoms with van der Waals surface area (Å²) in [5.41, 5.74) is 4.11. The molecule has 0 aliphatic heterocycles. The molecule has 0 aliphatic carbocycles. The van der Waals surface area contributed by atoms with Gasteiger partial charge in [0.25, 0.3) is 5.91 Å². The van der Waals surface area contributed by atoms with Gasteiger partial charge in [-0.15, -0.1) is 0 Å². The van der Waals surface area contributed by atoms with E-state index in [9.17, 15) is 4.79 Å². The van der Waals surface area contributed by atoms with E-state index in [0.717, 1.165) is 22.0 Å². The molecule has 0 fully saturated rings. The van der Waals surface area contributed by atoms with Gasteiger partial charge in [0, 0.05) is 5.39 Å². The molecule has 0 saturated carbocycles. The largest absolute Gasteiger partial charge is 0.493 e. The zero-order valence-corrected chi connectivity index (χ0v) is 17.6. The number of nitrogens with zero attached hydrogens (tertiary/aromatic N) is 1. The Labute approximate surface area is 170 Å². The highest BCUT2D eigenvalue weighted by molar-refractivity contribution is 5.98. The number of aromatic nitrogens is 1. The average molecular weight is 394 g/mol. The second-order valence-corrected chi connectivity index (χ2v) is 6.97. The van der Waals surface area contributed by atoms with Crippen LogP contribution in [0.15, 0.2) is 36.4 Å². The van der Waals surface area contributed by atoms with Gasteiger partial charge in [-0.3, -0.25) is 9.78 Å². The second kappa shape index (κ2) is 8.39. The number of hydrogen-bond acceptors (Lipinski definition) is 5. The van der Waals surface area contributed by atoms with Gasteiger partial charge < -0.3 is 19.5 Å². The molecule has 0 aliphatic rings. The van der Waals surface area contributed by atoms with E-state index in [4.69, 9.17) is 14.2 Å². The lowest BCUT2D eigenvalue weighted by molar-refractivity contribution is 0.0939. The van der Waals surface area contributed by atoms with Crippen molar-refractivity contribution < 1.29 is 19.0 Å². The van der Waals surface area contributed by atoms with Crippen LogP contribution in [-0.4, -0.2) is 32.2 Å². The van der Waals surface area contributed by atoms with Crippen molar-refractivity contribution >= 4 is 16.8 Å². The number of aryl methyl sites for hydroxylation is 2. The van der Waals surface area contributed by atoms with Gasteiger partial charge in [-0.05, 0) is 56.2 Å². The summed E-state index contributed by atoms with van der Waals surface area (Å²) < 4.78 is 16.2. The van der Waals surface area contributed by atoms with Crippen LogP contribution < -0.4 is 19.5 Å². The van der Waals surface area contributed by atoms with Crippen LogP contribution in [0.5, 0.6) is 17.2 Å². The summed E-state index contributed by atoms with van der Waals surface area (Å²) in [6.07, 6.45) is 0. The van der Waals surface area contributed by atoms with Gasteiger partial charge in [0.15, 0.2) is 11.5 Å². The Bertz CT molecular complexity index is 1040. The van der Waals surface area contributed by atoms with Gasteiger partial charge >= 0.3 is 0 Å². The summed E-state index contributed by atoms with van der Waals surface area (Å²) in [4.78, 5) is 17.6. The highest BCUT2D eigenvalue weighted by atomic mass is 16.5. The van der Waals surface area contributed by atoms with Crippen LogP contribution in [0.4, 0.5) is 0 Å². The van der Waals surface area contributed by atoms with Crippen LogP contribution in [0.1, 0.15) is 40.1 Å². The molecule has 1 heterocycles. The Hall–Kier alpha value is -3.28. The van der Waals surface area contributed by atoms with Crippen LogP contribution in [0.3, 0.4) is 0 Å². The minimum atomic E-state index is -0.274. The van der Waals surface area contributed by atoms with E-state index < -0.39 is 0 Å². The molecule has 1 unspecified atom stereocenters. The third-order valence-corrected chi connectivity index (χ3v) is 4.94. The highest BCUT2D eigenvalue weighted by Crippen LogP contribution is 2.39. The molecule has 6 heteroatoms. The van der Waals surface area contributed by atoms with Gasteiger partial charge in [0.2, 0.25) is 5.75 Å². The molecule has 1 atom stereocenters. The van der Waals surface area contributed by atoms with Crippen molar-refractivity contribution in [1.82, 2.24) is 10.3 Å². The molecule has 1 aromatic heterocycles. The molecule has 2 aromatic carbocycles. The molecule has 152 valence electrons. The van der Waals surface area contributed by atoms with Crippen molar-refractivity contribution in [2.75, 3.05) is 21.3 Å². The van der Waals surface area contributed by atoms with Crippen LogP contribution in [0.25, 0.3) is 10.9 Å². The molecule has 0 spiro atoms. The number of carbonyl (C=O) groups is 1. The van der Waals surface area contributed by atoms with E-state index in [1.807, 2.05) is 57.2 Å². The first kappa shape index (κ1) is 20.5. The average Bonchev–Trinajstić information content (AvgIpc) is 2.71. The first-order valence-corrected chi connectivity index (χ1v) is 9.36. The van der Waals surface area contributed by atoms with Gasteiger partial charge in [-0.1, -0.05) is 12.1 Å². The first-order valence-electron chi connectivity index (χ1n) is 9.36. The second-order valence-electron chi connectivity index (χ2n) is 6.97. The Kier molecular flexibility index (Phi) is 5.92. The molecule has 6 nitrogen and oxygen atoms in total. The number of ether oxygens (including phenoxy) is 3. The van der Waals surface area contributed by atoms with E-state index in [0.29, 0.717) is 28.5 Å². The van der Waals surface area contributed by atoms with Gasteiger partial charge in [0.1, 0.15) is 0 Å². The summed E-state index contributed by atoms with van der Waals surface area (Å²) in [7, 11) is 4.69. The molecular formula is C23H26N2O4. The molecule has 0 saturated heterocycles. The van der Waals surface area contributed by atoms with Crippen LogP contribution in [-0.2, 0) is 0 Å². The lowest BCUT2D eigenvalue weighted by Gasteiger charge is -2.19. The third-order valence-electron chi connectivity index (χ3n) is 4.94. The molecule has 3 rings (SSSR count). The smallest absolute Gasteiger partial charge is 0.253 e. The molecule has 0 radical (unpaired) electrons. The number of amides is 1. The van der Waals surface area contributed by atoms with Crippen LogP contribution in [0.2, 0.25) is 0 Å². The van der Waals surface area contributed by atoms with Gasteiger partial charge in [-0.2, -0.15) is 0 Å². The van der Waals surface area contributed by atoms with Crippen molar-refractivity contribution in [3.63, 3.8) is 0 Å². The molecule has 1 amide bonds. The quantitative estimate of drug-likeness (QED) is 0.672. The monoisotopic (exact) mass is 394 g/mol. The zero-order chi connectivity index (χ0) is 21.1. The summed E-state index contributed by atoms with van der Waals surface area (Å²) in [5.74, 6) is 1.42. The maximum atomic E-state index is 13.0. The summed E-state index contributed by atoms with van der Waals surface area (Å²) in [6, 6.07) is 11.3. The van der Waals surface area contributed by atoms with Gasteiger partial charge in [-0.25, -0.2) is 0 Å². The fourth-order valence-corrected chi connectivity index (χ4v) is 3.31. The zero-order valence-electron chi connectivity index (χ0n) is 17.6. The number of rotatable bonds is 6. The van der Waals surface area contributed by atoms with E-state index in [1.54, 1.807) is 21.3 Å². The molecule has 1 N–H and O–H groups in total. The topological polar surface area (TPSA) is 69.7 Å². The van der Waals surface area contributed by atoms with Crippen molar-refractivity contribution in [3.8, 4) is 17.2 Å². The fourth-order valence-electron chi connectivity index (χ4n) is 3.31. The number of methoxy groups -OCH3 is 3. The van der Waals surface area contributed by atoms with Crippen LogP contribution >= 0.6 is 0 Å². The number of benzene rings is 2. The SMILES string of the molecule is COc1cc(C(C)NC(=O)c2cc3ccc(C)cc3nc2C)cc(OC)c1OC. The lowest BCUT2D eigenvalue weighted by Crippen LogP contribution is -2.27. The Balaban J connectivity index is 1.90. The summed E-state index contributed by atoms with van der Waals surface area (Å²) in [6.45, 7) is 5.78. The Morgan fingerprint density at radius 3 is 2.21 bits per heavy atom. The highest BCUT2D eigenvalue weighted by Gasteiger charge is 2.19. The van der Waals surface area contributed by atoms with Crippen molar-refractivity contribution in [2.24, 2.45) is 0 Å². The Morgan fingerprint density at radius 2 is 1.62 bits per heavy atom. The summed E-state index contributed by atoms with van der Waals surface area (Å²) >= 11 is 0. The minimum absolute atomic E-state index is 0.182. The predicted octanol–water partition coefficient (Wildman–Crippen LogP) is 4.37. The number of hydrogen-bond donors (Lipinski definition) is 1. The summed E-state index contributed by atoms with van der Waals surface area (Å²) in [5, 5.41) is 3.98. The normalized spacial score (nSPS) is 11.8. The number of pyridine rings is 1. The van der Waals surface area contributed by atoms with E-state index in [1.165, 1.54) is 0 Å².